The quantitative estimate of drug-likeness (QED) is 0.875. The van der Waals surface area contributed by atoms with E-state index in [9.17, 15) is 8.42 Å². The van der Waals surface area contributed by atoms with Gasteiger partial charge in [0, 0.05) is 6.07 Å². The summed E-state index contributed by atoms with van der Waals surface area (Å²) in [7, 11) is -0.827. The van der Waals surface area contributed by atoms with Crippen LogP contribution in [0.1, 0.15) is 25.3 Å². The lowest BCUT2D eigenvalue weighted by Crippen LogP contribution is -2.15. The van der Waals surface area contributed by atoms with Gasteiger partial charge in [-0.1, -0.05) is 32.0 Å². The average Bonchev–Trinajstić information content (AvgIpc) is 2.54. The van der Waals surface area contributed by atoms with Gasteiger partial charge in [0.25, 0.3) is 10.0 Å². The third kappa shape index (κ3) is 3.76. The molecule has 2 aromatic carbocycles. The van der Waals surface area contributed by atoms with Gasteiger partial charge >= 0.3 is 0 Å². The number of para-hydroxylation sites is 1. The summed E-state index contributed by atoms with van der Waals surface area (Å²) in [5, 5.41) is 0. The monoisotopic (exact) mass is 335 g/mol. The maximum Gasteiger partial charge on any atom is 0.265 e. The Morgan fingerprint density at radius 1 is 1.00 bits per heavy atom. The van der Waals surface area contributed by atoms with Crippen LogP contribution in [0.25, 0.3) is 0 Å². The van der Waals surface area contributed by atoms with Crippen LogP contribution < -0.4 is 14.2 Å². The zero-order chi connectivity index (χ0) is 17.0. The highest BCUT2D eigenvalue weighted by atomic mass is 32.2. The second-order valence-corrected chi connectivity index (χ2v) is 7.02. The predicted octanol–water partition coefficient (Wildman–Crippen LogP) is 3.63. The largest absolute Gasteiger partial charge is 0.497 e. The minimum Gasteiger partial charge on any atom is -0.497 e. The number of hydrogen-bond donors (Lipinski definition) is 1. The van der Waals surface area contributed by atoms with E-state index in [1.165, 1.54) is 20.3 Å². The number of sulfonamides is 1. The van der Waals surface area contributed by atoms with Gasteiger partial charge in [-0.2, -0.15) is 0 Å². The normalized spacial score (nSPS) is 11.3. The molecule has 2 aromatic rings. The van der Waals surface area contributed by atoms with E-state index in [1.807, 2.05) is 26.0 Å². The number of rotatable bonds is 6. The van der Waals surface area contributed by atoms with E-state index in [4.69, 9.17) is 9.47 Å². The molecule has 0 saturated carbocycles. The van der Waals surface area contributed by atoms with Gasteiger partial charge in [-0.3, -0.25) is 4.72 Å². The van der Waals surface area contributed by atoms with Crippen molar-refractivity contribution >= 4 is 15.7 Å². The molecule has 0 aliphatic heterocycles. The Bertz CT molecular complexity index is 785. The zero-order valence-electron chi connectivity index (χ0n) is 13.7. The van der Waals surface area contributed by atoms with E-state index in [0.29, 0.717) is 11.4 Å². The highest BCUT2D eigenvalue weighted by Crippen LogP contribution is 2.31. The van der Waals surface area contributed by atoms with Crippen LogP contribution >= 0.6 is 0 Å². The predicted molar refractivity (Wildman–Crippen MR) is 90.9 cm³/mol. The van der Waals surface area contributed by atoms with Crippen molar-refractivity contribution in [3.05, 3.63) is 48.0 Å². The summed E-state index contributed by atoms with van der Waals surface area (Å²) in [5.41, 5.74) is 1.50. The van der Waals surface area contributed by atoms with Crippen LogP contribution in [0.15, 0.2) is 47.4 Å². The number of nitrogens with one attached hydrogen (secondary N) is 1. The molecular formula is C17H21NO4S. The molecule has 0 amide bonds. The first-order valence-corrected chi connectivity index (χ1v) is 8.71. The summed E-state index contributed by atoms with van der Waals surface area (Å²) in [6, 6.07) is 12.0. The van der Waals surface area contributed by atoms with E-state index in [-0.39, 0.29) is 16.6 Å². The summed E-state index contributed by atoms with van der Waals surface area (Å²) in [4.78, 5) is 0.0689. The summed E-state index contributed by atoms with van der Waals surface area (Å²) in [5.74, 6) is 0.967. The second kappa shape index (κ2) is 6.91. The van der Waals surface area contributed by atoms with E-state index in [0.717, 1.165) is 5.56 Å². The summed E-state index contributed by atoms with van der Waals surface area (Å²) in [6.45, 7) is 4.03. The van der Waals surface area contributed by atoms with Crippen molar-refractivity contribution in [1.29, 1.82) is 0 Å². The Morgan fingerprint density at radius 3 is 2.30 bits per heavy atom. The second-order valence-electron chi connectivity index (χ2n) is 5.36. The maximum atomic E-state index is 12.7. The van der Waals surface area contributed by atoms with Crippen LogP contribution in [-0.2, 0) is 10.0 Å². The molecule has 0 bridgehead atoms. The first-order valence-electron chi connectivity index (χ1n) is 7.23. The fourth-order valence-corrected chi connectivity index (χ4v) is 3.53. The van der Waals surface area contributed by atoms with Gasteiger partial charge in [-0.15, -0.1) is 0 Å². The van der Waals surface area contributed by atoms with Gasteiger partial charge in [0.2, 0.25) is 0 Å². The minimum absolute atomic E-state index is 0.0689. The molecule has 124 valence electrons. The highest BCUT2D eigenvalue weighted by molar-refractivity contribution is 7.92. The fourth-order valence-electron chi connectivity index (χ4n) is 2.29. The van der Waals surface area contributed by atoms with E-state index < -0.39 is 10.0 Å². The van der Waals surface area contributed by atoms with Gasteiger partial charge in [0.1, 0.15) is 16.4 Å². The average molecular weight is 335 g/mol. The van der Waals surface area contributed by atoms with E-state index in [1.54, 1.807) is 24.3 Å². The van der Waals surface area contributed by atoms with Crippen LogP contribution in [0, 0.1) is 0 Å². The third-order valence-electron chi connectivity index (χ3n) is 3.49. The molecule has 0 aromatic heterocycles. The molecule has 0 atom stereocenters. The molecule has 23 heavy (non-hydrogen) atoms. The number of ether oxygens (including phenoxy) is 2. The molecule has 6 heteroatoms. The molecule has 0 fully saturated rings. The molecule has 2 rings (SSSR count). The highest BCUT2D eigenvalue weighted by Gasteiger charge is 2.21. The molecule has 0 heterocycles. The van der Waals surface area contributed by atoms with E-state index >= 15 is 0 Å². The molecule has 0 aliphatic carbocycles. The standard InChI is InChI=1S/C17H21NO4S/c1-12(2)14-7-5-6-8-15(14)18-23(19,20)17-10-9-13(21-3)11-16(17)22-4/h5-12,18H,1-4H3. The zero-order valence-corrected chi connectivity index (χ0v) is 14.5. The smallest absolute Gasteiger partial charge is 0.265 e. The van der Waals surface area contributed by atoms with Gasteiger partial charge in [-0.25, -0.2) is 8.42 Å². The van der Waals surface area contributed by atoms with Crippen LogP contribution in [0.3, 0.4) is 0 Å². The Kier molecular flexibility index (Phi) is 5.15. The van der Waals surface area contributed by atoms with Crippen molar-refractivity contribution in [3.63, 3.8) is 0 Å². The van der Waals surface area contributed by atoms with Crippen LogP contribution in [-0.4, -0.2) is 22.6 Å². The molecule has 1 N–H and O–H groups in total. The van der Waals surface area contributed by atoms with Gasteiger partial charge in [0.05, 0.1) is 19.9 Å². The first-order chi connectivity index (χ1) is 10.9. The summed E-state index contributed by atoms with van der Waals surface area (Å²) in [6.07, 6.45) is 0. The van der Waals surface area contributed by atoms with Crippen molar-refractivity contribution in [3.8, 4) is 11.5 Å². The van der Waals surface area contributed by atoms with Crippen molar-refractivity contribution in [2.75, 3.05) is 18.9 Å². The number of benzene rings is 2. The topological polar surface area (TPSA) is 64.6 Å². The van der Waals surface area contributed by atoms with Gasteiger partial charge in [0.15, 0.2) is 0 Å². The van der Waals surface area contributed by atoms with Crippen LogP contribution in [0.2, 0.25) is 0 Å². The summed E-state index contributed by atoms with van der Waals surface area (Å²) >= 11 is 0. The number of hydrogen-bond acceptors (Lipinski definition) is 4. The Morgan fingerprint density at radius 2 is 1.70 bits per heavy atom. The lowest BCUT2D eigenvalue weighted by atomic mass is 10.0. The van der Waals surface area contributed by atoms with Crippen LogP contribution in [0.4, 0.5) is 5.69 Å². The van der Waals surface area contributed by atoms with Crippen molar-refractivity contribution < 1.29 is 17.9 Å². The molecule has 0 unspecified atom stereocenters. The lowest BCUT2D eigenvalue weighted by Gasteiger charge is -2.16. The molecule has 0 aliphatic rings. The Labute approximate surface area is 137 Å². The Balaban J connectivity index is 2.44. The molecule has 5 nitrogen and oxygen atoms in total. The molecule has 0 saturated heterocycles. The van der Waals surface area contributed by atoms with E-state index in [2.05, 4.69) is 4.72 Å². The van der Waals surface area contributed by atoms with Gasteiger partial charge in [-0.05, 0) is 29.7 Å². The van der Waals surface area contributed by atoms with Crippen molar-refractivity contribution in [2.24, 2.45) is 0 Å². The molecule has 0 spiro atoms. The SMILES string of the molecule is COc1ccc(S(=O)(=O)Nc2ccccc2C(C)C)c(OC)c1. The molecule has 0 radical (unpaired) electrons. The number of anilines is 1. The summed E-state index contributed by atoms with van der Waals surface area (Å²) < 4.78 is 38.4. The third-order valence-corrected chi connectivity index (χ3v) is 4.89. The Hall–Kier alpha value is -2.21. The number of methoxy groups -OCH3 is 2. The van der Waals surface area contributed by atoms with Crippen molar-refractivity contribution in [2.45, 2.75) is 24.7 Å². The van der Waals surface area contributed by atoms with Crippen LogP contribution in [0.5, 0.6) is 11.5 Å². The lowest BCUT2D eigenvalue weighted by molar-refractivity contribution is 0.386. The van der Waals surface area contributed by atoms with Gasteiger partial charge < -0.3 is 9.47 Å². The fraction of sp³-hybridized carbons (Fsp3) is 0.294. The molecular weight excluding hydrogens is 314 g/mol. The van der Waals surface area contributed by atoms with Crippen molar-refractivity contribution in [1.82, 2.24) is 0 Å². The maximum absolute atomic E-state index is 12.7. The minimum atomic E-state index is -3.77. The first kappa shape index (κ1) is 17.1.